The minimum absolute atomic E-state index is 0.225. The van der Waals surface area contributed by atoms with Gasteiger partial charge in [-0.2, -0.15) is 0 Å². The van der Waals surface area contributed by atoms with Crippen molar-refractivity contribution >= 4 is 11.6 Å². The molecule has 0 radical (unpaired) electrons. The van der Waals surface area contributed by atoms with Gasteiger partial charge in [0.1, 0.15) is 0 Å². The summed E-state index contributed by atoms with van der Waals surface area (Å²) in [6.45, 7) is 2.05. The van der Waals surface area contributed by atoms with Gasteiger partial charge in [-0.3, -0.25) is 4.79 Å². The Hall–Kier alpha value is -1.57. The molecule has 0 saturated heterocycles. The highest BCUT2D eigenvalue weighted by atomic mass is 16.2. The van der Waals surface area contributed by atoms with Gasteiger partial charge in [-0.25, -0.2) is 0 Å². The van der Waals surface area contributed by atoms with E-state index in [9.17, 15) is 4.79 Å². The Balaban J connectivity index is 1.63. The lowest BCUT2D eigenvalue weighted by atomic mass is 10.1. The van der Waals surface area contributed by atoms with E-state index in [1.54, 1.807) is 0 Å². The van der Waals surface area contributed by atoms with Crippen LogP contribution in [0.3, 0.4) is 0 Å². The monoisotopic (exact) mass is 255 g/mol. The molecule has 0 heterocycles. The number of fused-ring (bicyclic) bond motifs is 1. The molecule has 1 aromatic rings. The molecule has 2 nitrogen and oxygen atoms in total. The van der Waals surface area contributed by atoms with E-state index in [4.69, 9.17) is 0 Å². The van der Waals surface area contributed by atoms with Crippen molar-refractivity contribution in [2.75, 3.05) is 5.32 Å². The molecule has 0 spiro atoms. The van der Waals surface area contributed by atoms with Crippen LogP contribution in [0.4, 0.5) is 5.69 Å². The number of benzene rings is 1. The van der Waals surface area contributed by atoms with Crippen molar-refractivity contribution < 1.29 is 4.79 Å². The van der Waals surface area contributed by atoms with Crippen LogP contribution in [0.1, 0.15) is 31.2 Å². The molecule has 3 rings (SSSR count). The van der Waals surface area contributed by atoms with Crippen molar-refractivity contribution in [3.05, 3.63) is 42.0 Å². The van der Waals surface area contributed by atoms with Gasteiger partial charge in [-0.05, 0) is 62.1 Å². The number of anilines is 1. The van der Waals surface area contributed by atoms with Crippen molar-refractivity contribution in [1.82, 2.24) is 0 Å². The molecule has 1 saturated carbocycles. The maximum Gasteiger partial charge on any atom is 0.228 e. The first kappa shape index (κ1) is 12.5. The number of carbonyl (C=O) groups excluding carboxylic acids is 1. The minimum atomic E-state index is 0.225. The summed E-state index contributed by atoms with van der Waals surface area (Å²) in [5.74, 6) is 1.72. The molecule has 0 aromatic heterocycles. The second kappa shape index (κ2) is 5.20. The lowest BCUT2D eigenvalue weighted by molar-refractivity contribution is -0.117. The van der Waals surface area contributed by atoms with Gasteiger partial charge in [-0.1, -0.05) is 24.3 Å². The summed E-state index contributed by atoms with van der Waals surface area (Å²) in [6.07, 6.45) is 9.15. The smallest absolute Gasteiger partial charge is 0.228 e. The molecule has 2 heteroatoms. The summed E-state index contributed by atoms with van der Waals surface area (Å²) in [4.78, 5) is 12.3. The van der Waals surface area contributed by atoms with Crippen molar-refractivity contribution in [2.24, 2.45) is 17.8 Å². The fourth-order valence-corrected chi connectivity index (χ4v) is 3.38. The van der Waals surface area contributed by atoms with Gasteiger partial charge in [0.15, 0.2) is 0 Å². The maximum atomic E-state index is 12.3. The van der Waals surface area contributed by atoms with Crippen LogP contribution in [-0.4, -0.2) is 5.91 Å². The number of hydrogen-bond acceptors (Lipinski definition) is 1. The lowest BCUT2D eigenvalue weighted by Crippen LogP contribution is -2.15. The predicted octanol–water partition coefficient (Wildman–Crippen LogP) is 3.93. The standard InChI is InChI=1S/C17H21NO/c1-12-7-6-8-13(11-12)18-17(19)16-14-9-4-2-3-5-10-15(14)16/h2-3,6-8,11,14-16H,4-5,9-10H2,1H3,(H,18,19)/b3-2-. The third kappa shape index (κ3) is 2.73. The number of rotatable bonds is 2. The highest BCUT2D eigenvalue weighted by Crippen LogP contribution is 2.53. The molecule has 2 aliphatic carbocycles. The zero-order chi connectivity index (χ0) is 13.2. The summed E-state index contributed by atoms with van der Waals surface area (Å²) in [5, 5.41) is 3.08. The molecule has 1 fully saturated rings. The van der Waals surface area contributed by atoms with Crippen LogP contribution in [0.5, 0.6) is 0 Å². The minimum Gasteiger partial charge on any atom is -0.326 e. The highest BCUT2D eigenvalue weighted by Gasteiger charge is 2.53. The molecule has 2 atom stereocenters. The Kier molecular flexibility index (Phi) is 3.41. The van der Waals surface area contributed by atoms with Crippen LogP contribution in [0, 0.1) is 24.7 Å². The summed E-state index contributed by atoms with van der Waals surface area (Å²) in [7, 11) is 0. The van der Waals surface area contributed by atoms with Crippen LogP contribution in [-0.2, 0) is 4.79 Å². The van der Waals surface area contributed by atoms with Crippen LogP contribution >= 0.6 is 0 Å². The second-order valence-corrected chi connectivity index (χ2v) is 5.84. The molecule has 2 aliphatic rings. The molecule has 0 bridgehead atoms. The summed E-state index contributed by atoms with van der Waals surface area (Å²) < 4.78 is 0. The van der Waals surface area contributed by atoms with Crippen molar-refractivity contribution in [2.45, 2.75) is 32.6 Å². The summed E-state index contributed by atoms with van der Waals surface area (Å²) in [6, 6.07) is 8.04. The summed E-state index contributed by atoms with van der Waals surface area (Å²) in [5.41, 5.74) is 2.12. The van der Waals surface area contributed by atoms with Crippen LogP contribution in [0.25, 0.3) is 0 Å². The van der Waals surface area contributed by atoms with E-state index in [0.29, 0.717) is 11.8 Å². The molecular weight excluding hydrogens is 234 g/mol. The highest BCUT2D eigenvalue weighted by molar-refractivity contribution is 5.94. The van der Waals surface area contributed by atoms with Gasteiger partial charge in [0, 0.05) is 11.6 Å². The molecule has 1 N–H and O–H groups in total. The Labute approximate surface area is 114 Å². The van der Waals surface area contributed by atoms with Crippen molar-refractivity contribution in [1.29, 1.82) is 0 Å². The fraction of sp³-hybridized carbons (Fsp3) is 0.471. The van der Waals surface area contributed by atoms with Gasteiger partial charge in [0.05, 0.1) is 0 Å². The fourth-order valence-electron chi connectivity index (χ4n) is 3.38. The topological polar surface area (TPSA) is 29.1 Å². The number of allylic oxidation sites excluding steroid dienone is 2. The average molecular weight is 255 g/mol. The van der Waals surface area contributed by atoms with E-state index < -0.39 is 0 Å². The van der Waals surface area contributed by atoms with Crippen molar-refractivity contribution in [3.8, 4) is 0 Å². The lowest BCUT2D eigenvalue weighted by Gasteiger charge is -2.05. The molecule has 2 unspecified atom stereocenters. The van der Waals surface area contributed by atoms with Crippen LogP contribution < -0.4 is 5.32 Å². The molecule has 1 amide bonds. The number of aryl methyl sites for hydroxylation is 1. The quantitative estimate of drug-likeness (QED) is 0.797. The van der Waals surface area contributed by atoms with Crippen molar-refractivity contribution in [3.63, 3.8) is 0 Å². The SMILES string of the molecule is Cc1cccc(NC(=O)C2C3CC/C=C\CCC32)c1. The van der Waals surface area contributed by atoms with Gasteiger partial charge in [0.2, 0.25) is 5.91 Å². The van der Waals surface area contributed by atoms with E-state index in [1.807, 2.05) is 31.2 Å². The maximum absolute atomic E-state index is 12.3. The predicted molar refractivity (Wildman–Crippen MR) is 77.9 cm³/mol. The van der Waals surface area contributed by atoms with E-state index in [0.717, 1.165) is 18.5 Å². The Morgan fingerprint density at radius 3 is 2.47 bits per heavy atom. The molecule has 100 valence electrons. The average Bonchev–Trinajstić information content (AvgIpc) is 3.00. The number of nitrogens with one attached hydrogen (secondary N) is 1. The second-order valence-electron chi connectivity index (χ2n) is 5.84. The first-order valence-electron chi connectivity index (χ1n) is 7.28. The van der Waals surface area contributed by atoms with E-state index in [2.05, 4.69) is 17.5 Å². The van der Waals surface area contributed by atoms with Gasteiger partial charge in [-0.15, -0.1) is 0 Å². The Morgan fingerprint density at radius 1 is 1.16 bits per heavy atom. The summed E-state index contributed by atoms with van der Waals surface area (Å²) >= 11 is 0. The third-order valence-electron chi connectivity index (χ3n) is 4.42. The zero-order valence-corrected chi connectivity index (χ0v) is 11.4. The van der Waals surface area contributed by atoms with Gasteiger partial charge >= 0.3 is 0 Å². The van der Waals surface area contributed by atoms with E-state index in [-0.39, 0.29) is 11.8 Å². The number of hydrogen-bond donors (Lipinski definition) is 1. The van der Waals surface area contributed by atoms with E-state index >= 15 is 0 Å². The Morgan fingerprint density at radius 2 is 1.84 bits per heavy atom. The van der Waals surface area contributed by atoms with Crippen LogP contribution in [0.15, 0.2) is 36.4 Å². The molecular formula is C17H21NO. The normalized spacial score (nSPS) is 30.7. The molecule has 1 aromatic carbocycles. The molecule has 19 heavy (non-hydrogen) atoms. The Bertz CT molecular complexity index is 490. The van der Waals surface area contributed by atoms with Gasteiger partial charge in [0.25, 0.3) is 0 Å². The van der Waals surface area contributed by atoms with E-state index in [1.165, 1.54) is 18.4 Å². The number of amides is 1. The first-order valence-corrected chi connectivity index (χ1v) is 7.28. The van der Waals surface area contributed by atoms with Gasteiger partial charge < -0.3 is 5.32 Å². The third-order valence-corrected chi connectivity index (χ3v) is 4.42. The number of carbonyl (C=O) groups is 1. The first-order chi connectivity index (χ1) is 9.25. The molecule has 0 aliphatic heterocycles. The zero-order valence-electron chi connectivity index (χ0n) is 11.4. The largest absolute Gasteiger partial charge is 0.326 e. The van der Waals surface area contributed by atoms with Crippen LogP contribution in [0.2, 0.25) is 0 Å².